The lowest BCUT2D eigenvalue weighted by Crippen LogP contribution is -1.86. The molecule has 0 aliphatic carbocycles. The average Bonchev–Trinajstić information content (AvgIpc) is 2.52. The second-order valence-corrected chi connectivity index (χ2v) is 5.12. The minimum Gasteiger partial charge on any atom is -0.0654 e. The Labute approximate surface area is 122 Å². The number of hydrogen-bond donors (Lipinski definition) is 0. The molecule has 2 aromatic rings. The maximum Gasteiger partial charge on any atom is 0.0249 e. The van der Waals surface area contributed by atoms with E-state index in [1.54, 1.807) is 0 Å². The number of unbranched alkanes of at least 4 members (excludes halogenated alkanes) is 3. The Balaban J connectivity index is 1.90. The molecule has 0 aliphatic heterocycles. The zero-order chi connectivity index (χ0) is 14.0. The minimum absolute atomic E-state index is 1.07. The lowest BCUT2D eigenvalue weighted by molar-refractivity contribution is 0.667. The van der Waals surface area contributed by atoms with Gasteiger partial charge in [0, 0.05) is 11.1 Å². The third-order valence-corrected chi connectivity index (χ3v) is 3.40. The van der Waals surface area contributed by atoms with Crippen LogP contribution in [0.4, 0.5) is 0 Å². The van der Waals surface area contributed by atoms with Crippen molar-refractivity contribution in [3.8, 4) is 11.8 Å². The van der Waals surface area contributed by atoms with Gasteiger partial charge in [0.1, 0.15) is 0 Å². The number of hydrogen-bond acceptors (Lipinski definition) is 0. The summed E-state index contributed by atoms with van der Waals surface area (Å²) in [6, 6.07) is 18.8. The first-order valence-electron chi connectivity index (χ1n) is 7.54. The third-order valence-electron chi connectivity index (χ3n) is 3.40. The van der Waals surface area contributed by atoms with Gasteiger partial charge in [0.25, 0.3) is 0 Å². The zero-order valence-corrected chi connectivity index (χ0v) is 12.2. The molecule has 0 radical (unpaired) electrons. The Hall–Kier alpha value is -2.00. The van der Waals surface area contributed by atoms with Crippen LogP contribution < -0.4 is 0 Å². The van der Waals surface area contributed by atoms with Crippen LogP contribution in [-0.4, -0.2) is 0 Å². The third kappa shape index (κ3) is 4.94. The fraction of sp³-hybridized carbons (Fsp3) is 0.300. The second-order valence-electron chi connectivity index (χ2n) is 5.12. The highest BCUT2D eigenvalue weighted by Crippen LogP contribution is 2.09. The molecule has 0 nitrogen and oxygen atoms in total. The molecular formula is C20H22. The molecule has 0 amide bonds. The van der Waals surface area contributed by atoms with Crippen LogP contribution in [0.5, 0.6) is 0 Å². The summed E-state index contributed by atoms with van der Waals surface area (Å²) in [7, 11) is 0. The van der Waals surface area contributed by atoms with Gasteiger partial charge in [-0.05, 0) is 42.7 Å². The molecule has 0 heteroatoms. The summed E-state index contributed by atoms with van der Waals surface area (Å²) >= 11 is 0. The van der Waals surface area contributed by atoms with E-state index in [4.69, 9.17) is 0 Å². The molecule has 0 N–H and O–H groups in total. The Morgan fingerprint density at radius 1 is 0.700 bits per heavy atom. The predicted molar refractivity (Wildman–Crippen MR) is 86.7 cm³/mol. The van der Waals surface area contributed by atoms with Crippen LogP contribution >= 0.6 is 0 Å². The summed E-state index contributed by atoms with van der Waals surface area (Å²) in [6.45, 7) is 2.25. The topological polar surface area (TPSA) is 0 Å². The molecule has 0 aromatic heterocycles. The maximum absolute atomic E-state index is 3.21. The smallest absolute Gasteiger partial charge is 0.0249 e. The molecule has 0 aliphatic rings. The van der Waals surface area contributed by atoms with E-state index < -0.39 is 0 Å². The van der Waals surface area contributed by atoms with E-state index in [2.05, 4.69) is 43.0 Å². The Morgan fingerprint density at radius 2 is 1.35 bits per heavy atom. The van der Waals surface area contributed by atoms with Gasteiger partial charge in [0.05, 0.1) is 0 Å². The SMILES string of the molecule is CCCCCCc1ccc(C#Cc2ccccc2)cc1. The average molecular weight is 262 g/mol. The van der Waals surface area contributed by atoms with Gasteiger partial charge in [0.15, 0.2) is 0 Å². The molecule has 0 saturated heterocycles. The van der Waals surface area contributed by atoms with Gasteiger partial charge in [-0.3, -0.25) is 0 Å². The lowest BCUT2D eigenvalue weighted by Gasteiger charge is -2.01. The fourth-order valence-electron chi connectivity index (χ4n) is 2.18. The molecule has 0 bridgehead atoms. The van der Waals surface area contributed by atoms with Crippen LogP contribution in [0.3, 0.4) is 0 Å². The normalized spacial score (nSPS) is 9.85. The lowest BCUT2D eigenvalue weighted by atomic mass is 10.0. The van der Waals surface area contributed by atoms with Crippen LogP contribution in [0.1, 0.15) is 49.3 Å². The Morgan fingerprint density at radius 3 is 2.00 bits per heavy atom. The molecule has 0 saturated carbocycles. The monoisotopic (exact) mass is 262 g/mol. The second kappa shape index (κ2) is 8.23. The first kappa shape index (κ1) is 14.4. The van der Waals surface area contributed by atoms with Gasteiger partial charge in [-0.2, -0.15) is 0 Å². The molecule has 0 heterocycles. The van der Waals surface area contributed by atoms with Crippen LogP contribution in [-0.2, 0) is 6.42 Å². The Kier molecular flexibility index (Phi) is 5.93. The van der Waals surface area contributed by atoms with Crippen molar-refractivity contribution in [2.24, 2.45) is 0 Å². The van der Waals surface area contributed by atoms with Gasteiger partial charge >= 0.3 is 0 Å². The van der Waals surface area contributed by atoms with Gasteiger partial charge in [-0.25, -0.2) is 0 Å². The number of rotatable bonds is 5. The highest BCUT2D eigenvalue weighted by Gasteiger charge is 1.94. The van der Waals surface area contributed by atoms with Crippen LogP contribution in [0, 0.1) is 11.8 Å². The molecular weight excluding hydrogens is 240 g/mol. The molecule has 0 fully saturated rings. The summed E-state index contributed by atoms with van der Waals surface area (Å²) < 4.78 is 0. The number of benzene rings is 2. The van der Waals surface area contributed by atoms with Crippen molar-refractivity contribution in [2.45, 2.75) is 39.0 Å². The van der Waals surface area contributed by atoms with E-state index in [0.717, 1.165) is 11.1 Å². The summed E-state index contributed by atoms with van der Waals surface area (Å²) in [5.41, 5.74) is 3.58. The summed E-state index contributed by atoms with van der Waals surface area (Å²) in [6.07, 6.45) is 6.47. The van der Waals surface area contributed by atoms with Crippen LogP contribution in [0.15, 0.2) is 54.6 Å². The van der Waals surface area contributed by atoms with Crippen LogP contribution in [0.2, 0.25) is 0 Å². The molecule has 0 unspecified atom stereocenters. The van der Waals surface area contributed by atoms with Crippen molar-refractivity contribution in [1.82, 2.24) is 0 Å². The van der Waals surface area contributed by atoms with Gasteiger partial charge in [0.2, 0.25) is 0 Å². The molecule has 2 aromatic carbocycles. The fourth-order valence-corrected chi connectivity index (χ4v) is 2.18. The van der Waals surface area contributed by atoms with Crippen molar-refractivity contribution >= 4 is 0 Å². The molecule has 0 atom stereocenters. The standard InChI is InChI=1S/C20H22/c1-2-3-4-6-11-19-13-16-20(17-14-19)15-12-18-9-7-5-8-10-18/h5,7-10,13-14,16-17H,2-4,6,11H2,1H3. The zero-order valence-electron chi connectivity index (χ0n) is 12.2. The van der Waals surface area contributed by atoms with E-state index in [-0.39, 0.29) is 0 Å². The van der Waals surface area contributed by atoms with Crippen molar-refractivity contribution in [1.29, 1.82) is 0 Å². The van der Waals surface area contributed by atoms with Crippen molar-refractivity contribution in [3.63, 3.8) is 0 Å². The van der Waals surface area contributed by atoms with Crippen molar-refractivity contribution in [2.75, 3.05) is 0 Å². The molecule has 2 rings (SSSR count). The van der Waals surface area contributed by atoms with Gasteiger partial charge < -0.3 is 0 Å². The Bertz CT molecular complexity index is 552. The van der Waals surface area contributed by atoms with Crippen molar-refractivity contribution < 1.29 is 0 Å². The van der Waals surface area contributed by atoms with Gasteiger partial charge in [-0.15, -0.1) is 0 Å². The summed E-state index contributed by atoms with van der Waals surface area (Å²) in [4.78, 5) is 0. The first-order chi connectivity index (χ1) is 9.88. The minimum atomic E-state index is 1.07. The highest BCUT2D eigenvalue weighted by molar-refractivity contribution is 5.43. The largest absolute Gasteiger partial charge is 0.0654 e. The first-order valence-corrected chi connectivity index (χ1v) is 7.54. The highest BCUT2D eigenvalue weighted by atomic mass is 14.0. The molecule has 0 spiro atoms. The summed E-state index contributed by atoms with van der Waals surface area (Å²) in [5, 5.41) is 0. The summed E-state index contributed by atoms with van der Waals surface area (Å²) in [5.74, 6) is 6.40. The predicted octanol–water partition coefficient (Wildman–Crippen LogP) is 5.21. The van der Waals surface area contributed by atoms with Crippen molar-refractivity contribution in [3.05, 3.63) is 71.3 Å². The van der Waals surface area contributed by atoms with Crippen LogP contribution in [0.25, 0.3) is 0 Å². The van der Waals surface area contributed by atoms with E-state index in [9.17, 15) is 0 Å². The quantitative estimate of drug-likeness (QED) is 0.512. The van der Waals surface area contributed by atoms with E-state index >= 15 is 0 Å². The van der Waals surface area contributed by atoms with Gasteiger partial charge in [-0.1, -0.05) is 68.4 Å². The maximum atomic E-state index is 3.21. The van der Waals surface area contributed by atoms with E-state index in [1.807, 2.05) is 30.3 Å². The van der Waals surface area contributed by atoms with E-state index in [0.29, 0.717) is 0 Å². The van der Waals surface area contributed by atoms with E-state index in [1.165, 1.54) is 37.7 Å². The molecule has 102 valence electrons. The molecule has 20 heavy (non-hydrogen) atoms. The number of aryl methyl sites for hydroxylation is 1.